The number of thiophene rings is 1. The zero-order valence-corrected chi connectivity index (χ0v) is 15.7. The van der Waals surface area contributed by atoms with Gasteiger partial charge in [0.1, 0.15) is 5.75 Å². The van der Waals surface area contributed by atoms with Gasteiger partial charge in [-0.15, -0.1) is 11.3 Å². The van der Waals surface area contributed by atoms with Gasteiger partial charge in [0.25, 0.3) is 11.8 Å². The van der Waals surface area contributed by atoms with Crippen LogP contribution in [0.15, 0.2) is 42.5 Å². The van der Waals surface area contributed by atoms with E-state index in [4.69, 9.17) is 4.74 Å². The fraction of sp³-hybridized carbons (Fsp3) is 0.200. The van der Waals surface area contributed by atoms with E-state index < -0.39 is 5.91 Å². The van der Waals surface area contributed by atoms with E-state index in [1.165, 1.54) is 11.3 Å². The zero-order chi connectivity index (χ0) is 18.7. The standard InChI is InChI=1S/C20H20N2O3S/c1-12-7-6-8-13(2)18(12)25-11-17(23)21-22-20(24)19-14(3)15-9-4-5-10-16(15)26-19/h4-10H,11H2,1-3H3,(H,21,23)(H,22,24). The third kappa shape index (κ3) is 3.70. The second kappa shape index (κ2) is 7.58. The fourth-order valence-corrected chi connectivity index (χ4v) is 3.88. The van der Waals surface area contributed by atoms with Gasteiger partial charge in [-0.1, -0.05) is 36.4 Å². The summed E-state index contributed by atoms with van der Waals surface area (Å²) in [6, 6.07) is 13.6. The number of para-hydroxylation sites is 1. The van der Waals surface area contributed by atoms with Gasteiger partial charge in [-0.2, -0.15) is 0 Å². The maximum Gasteiger partial charge on any atom is 0.280 e. The van der Waals surface area contributed by atoms with E-state index in [2.05, 4.69) is 10.9 Å². The van der Waals surface area contributed by atoms with E-state index in [-0.39, 0.29) is 12.5 Å². The zero-order valence-electron chi connectivity index (χ0n) is 14.9. The number of carbonyl (C=O) groups excluding carboxylic acids is 2. The number of hydrogen-bond acceptors (Lipinski definition) is 4. The van der Waals surface area contributed by atoms with E-state index in [0.29, 0.717) is 10.6 Å². The molecule has 0 saturated heterocycles. The lowest BCUT2D eigenvalue weighted by atomic mass is 10.1. The number of ether oxygens (including phenoxy) is 1. The normalized spacial score (nSPS) is 10.6. The first-order valence-electron chi connectivity index (χ1n) is 8.23. The Balaban J connectivity index is 1.58. The lowest BCUT2D eigenvalue weighted by molar-refractivity contribution is -0.123. The summed E-state index contributed by atoms with van der Waals surface area (Å²) in [5, 5.41) is 1.05. The molecule has 0 radical (unpaired) electrons. The van der Waals surface area contributed by atoms with Crippen molar-refractivity contribution in [3.8, 4) is 5.75 Å². The molecule has 0 unspecified atom stereocenters. The molecule has 1 aromatic heterocycles. The minimum atomic E-state index is -0.417. The molecular formula is C20H20N2O3S. The van der Waals surface area contributed by atoms with Crippen molar-refractivity contribution >= 4 is 33.2 Å². The van der Waals surface area contributed by atoms with Crippen molar-refractivity contribution in [3.63, 3.8) is 0 Å². The van der Waals surface area contributed by atoms with Gasteiger partial charge < -0.3 is 4.74 Å². The topological polar surface area (TPSA) is 67.4 Å². The lowest BCUT2D eigenvalue weighted by Crippen LogP contribution is -2.43. The molecule has 134 valence electrons. The van der Waals surface area contributed by atoms with Crippen LogP contribution in [0.25, 0.3) is 10.1 Å². The Morgan fingerprint density at radius 1 is 0.962 bits per heavy atom. The summed E-state index contributed by atoms with van der Waals surface area (Å²) in [6.07, 6.45) is 0. The molecule has 3 rings (SSSR count). The van der Waals surface area contributed by atoms with Crippen molar-refractivity contribution < 1.29 is 14.3 Å². The molecule has 0 atom stereocenters. The minimum Gasteiger partial charge on any atom is -0.483 e. The number of rotatable bonds is 4. The third-order valence-electron chi connectivity index (χ3n) is 4.12. The van der Waals surface area contributed by atoms with Crippen LogP contribution in [0.5, 0.6) is 5.75 Å². The second-order valence-electron chi connectivity index (χ2n) is 6.06. The first kappa shape index (κ1) is 17.9. The van der Waals surface area contributed by atoms with Gasteiger partial charge in [-0.25, -0.2) is 0 Å². The van der Waals surface area contributed by atoms with Gasteiger partial charge in [-0.05, 0) is 48.9 Å². The average Bonchev–Trinajstić information content (AvgIpc) is 2.96. The molecule has 0 bridgehead atoms. The van der Waals surface area contributed by atoms with Gasteiger partial charge in [0.2, 0.25) is 0 Å². The molecule has 2 aromatic carbocycles. The molecule has 0 fully saturated rings. The van der Waals surface area contributed by atoms with E-state index >= 15 is 0 Å². The van der Waals surface area contributed by atoms with Crippen molar-refractivity contribution in [1.82, 2.24) is 10.9 Å². The van der Waals surface area contributed by atoms with Gasteiger partial charge in [-0.3, -0.25) is 20.4 Å². The van der Waals surface area contributed by atoms with Crippen LogP contribution in [0.4, 0.5) is 0 Å². The predicted octanol–water partition coefficient (Wildman–Crippen LogP) is 3.67. The molecule has 1 heterocycles. The molecule has 6 heteroatoms. The van der Waals surface area contributed by atoms with Gasteiger partial charge in [0.15, 0.2) is 6.61 Å². The number of benzene rings is 2. The fourth-order valence-electron chi connectivity index (χ4n) is 2.77. The number of hydrazine groups is 1. The number of fused-ring (bicyclic) bond motifs is 1. The van der Waals surface area contributed by atoms with Crippen molar-refractivity contribution in [3.05, 3.63) is 64.0 Å². The van der Waals surface area contributed by atoms with Crippen molar-refractivity contribution in [2.75, 3.05) is 6.61 Å². The van der Waals surface area contributed by atoms with Crippen LogP contribution in [0.2, 0.25) is 0 Å². The molecule has 0 saturated carbocycles. The Hall–Kier alpha value is -2.86. The van der Waals surface area contributed by atoms with Crippen molar-refractivity contribution in [1.29, 1.82) is 0 Å². The largest absolute Gasteiger partial charge is 0.483 e. The SMILES string of the molecule is Cc1cccc(C)c1OCC(=O)NNC(=O)c1sc2ccccc2c1C. The van der Waals surface area contributed by atoms with E-state index in [1.54, 1.807) is 0 Å². The molecule has 2 amide bonds. The third-order valence-corrected chi connectivity index (χ3v) is 5.39. The smallest absolute Gasteiger partial charge is 0.280 e. The van der Waals surface area contributed by atoms with Crippen LogP contribution in [-0.2, 0) is 4.79 Å². The molecule has 26 heavy (non-hydrogen) atoms. The summed E-state index contributed by atoms with van der Waals surface area (Å²) in [4.78, 5) is 24.9. The highest BCUT2D eigenvalue weighted by molar-refractivity contribution is 7.21. The number of amides is 2. The van der Waals surface area contributed by atoms with Crippen LogP contribution in [-0.4, -0.2) is 18.4 Å². The van der Waals surface area contributed by atoms with Gasteiger partial charge in [0, 0.05) is 4.70 Å². The predicted molar refractivity (Wildman–Crippen MR) is 104 cm³/mol. The molecule has 3 aromatic rings. The summed E-state index contributed by atoms with van der Waals surface area (Å²) in [7, 11) is 0. The number of hydrogen-bond donors (Lipinski definition) is 2. The highest BCUT2D eigenvalue weighted by Crippen LogP contribution is 2.30. The number of aryl methyl sites for hydroxylation is 3. The Morgan fingerprint density at radius 3 is 2.35 bits per heavy atom. The maximum atomic E-state index is 12.4. The molecule has 0 aliphatic heterocycles. The summed E-state index contributed by atoms with van der Waals surface area (Å²) < 4.78 is 6.62. The van der Waals surface area contributed by atoms with Gasteiger partial charge >= 0.3 is 0 Å². The van der Waals surface area contributed by atoms with Crippen LogP contribution in [0, 0.1) is 20.8 Å². The van der Waals surface area contributed by atoms with E-state index in [0.717, 1.165) is 26.8 Å². The lowest BCUT2D eigenvalue weighted by Gasteiger charge is -2.12. The highest BCUT2D eigenvalue weighted by Gasteiger charge is 2.16. The Morgan fingerprint density at radius 2 is 1.65 bits per heavy atom. The Labute approximate surface area is 156 Å². The molecule has 0 spiro atoms. The summed E-state index contributed by atoms with van der Waals surface area (Å²) in [6.45, 7) is 5.58. The van der Waals surface area contributed by atoms with Gasteiger partial charge in [0.05, 0.1) is 4.88 Å². The number of carbonyl (C=O) groups is 2. The molecule has 5 nitrogen and oxygen atoms in total. The second-order valence-corrected chi connectivity index (χ2v) is 7.12. The molecule has 2 N–H and O–H groups in total. The molecule has 0 aliphatic carbocycles. The van der Waals surface area contributed by atoms with Crippen LogP contribution < -0.4 is 15.6 Å². The highest BCUT2D eigenvalue weighted by atomic mass is 32.1. The van der Waals surface area contributed by atoms with Crippen molar-refractivity contribution in [2.45, 2.75) is 20.8 Å². The number of nitrogens with one attached hydrogen (secondary N) is 2. The first-order chi connectivity index (χ1) is 12.5. The van der Waals surface area contributed by atoms with Crippen molar-refractivity contribution in [2.24, 2.45) is 0 Å². The van der Waals surface area contributed by atoms with E-state index in [9.17, 15) is 9.59 Å². The van der Waals surface area contributed by atoms with E-state index in [1.807, 2.05) is 63.2 Å². The molecule has 0 aliphatic rings. The minimum absolute atomic E-state index is 0.169. The summed E-state index contributed by atoms with van der Waals surface area (Å²) in [5.74, 6) is -0.0572. The average molecular weight is 368 g/mol. The van der Waals surface area contributed by atoms with Crippen LogP contribution in [0.3, 0.4) is 0 Å². The van der Waals surface area contributed by atoms with Crippen LogP contribution >= 0.6 is 11.3 Å². The Bertz CT molecular complexity index is 958. The summed E-state index contributed by atoms with van der Waals surface area (Å²) in [5.41, 5.74) is 7.69. The first-order valence-corrected chi connectivity index (χ1v) is 9.05. The molecular weight excluding hydrogens is 348 g/mol. The summed E-state index contributed by atoms with van der Waals surface area (Å²) >= 11 is 1.40. The Kier molecular flexibility index (Phi) is 5.23. The van der Waals surface area contributed by atoms with Crippen LogP contribution in [0.1, 0.15) is 26.4 Å². The quantitative estimate of drug-likeness (QED) is 0.691. The maximum absolute atomic E-state index is 12.4. The monoisotopic (exact) mass is 368 g/mol.